The van der Waals surface area contributed by atoms with Gasteiger partial charge in [-0.2, -0.15) is 4.98 Å². The van der Waals surface area contributed by atoms with Crippen LogP contribution >= 0.6 is 15.9 Å². The zero-order chi connectivity index (χ0) is 12.4. The lowest BCUT2D eigenvalue weighted by Gasteiger charge is -2.19. The summed E-state index contributed by atoms with van der Waals surface area (Å²) in [6, 6.07) is 9.74. The number of nitrogens with two attached hydrogens (primary N) is 1. The van der Waals surface area contributed by atoms with E-state index in [1.54, 1.807) is 6.07 Å². The van der Waals surface area contributed by atoms with Crippen LogP contribution in [0.2, 0.25) is 0 Å². The van der Waals surface area contributed by atoms with E-state index in [9.17, 15) is 0 Å². The van der Waals surface area contributed by atoms with E-state index in [4.69, 9.17) is 5.73 Å². The Morgan fingerprint density at radius 3 is 2.59 bits per heavy atom. The Labute approximate surface area is 109 Å². The maximum atomic E-state index is 5.71. The second-order valence-electron chi connectivity index (χ2n) is 3.76. The lowest BCUT2D eigenvalue weighted by atomic mass is 10.2. The van der Waals surface area contributed by atoms with Crippen molar-refractivity contribution in [2.75, 3.05) is 17.7 Å². The molecule has 0 aliphatic heterocycles. The predicted octanol–water partition coefficient (Wildman–Crippen LogP) is 2.90. The minimum atomic E-state index is 0.447. The molecule has 17 heavy (non-hydrogen) atoms. The smallest absolute Gasteiger partial charge is 0.232 e. The van der Waals surface area contributed by atoms with E-state index in [2.05, 4.69) is 25.9 Å². The first kappa shape index (κ1) is 11.9. The monoisotopic (exact) mass is 292 g/mol. The van der Waals surface area contributed by atoms with Crippen molar-refractivity contribution in [3.63, 3.8) is 0 Å². The van der Waals surface area contributed by atoms with Crippen LogP contribution in [-0.4, -0.2) is 17.0 Å². The van der Waals surface area contributed by atoms with Crippen LogP contribution in [0, 0.1) is 6.92 Å². The minimum absolute atomic E-state index is 0.447. The highest BCUT2D eigenvalue weighted by Gasteiger charge is 2.10. The van der Waals surface area contributed by atoms with Gasteiger partial charge in [-0.1, -0.05) is 18.2 Å². The Bertz CT molecular complexity index is 522. The van der Waals surface area contributed by atoms with Gasteiger partial charge >= 0.3 is 0 Å². The summed E-state index contributed by atoms with van der Waals surface area (Å²) in [5.74, 6) is 1.02. The molecule has 0 bridgehead atoms. The van der Waals surface area contributed by atoms with E-state index >= 15 is 0 Å². The van der Waals surface area contributed by atoms with Crippen LogP contribution < -0.4 is 10.6 Å². The van der Waals surface area contributed by atoms with E-state index in [1.165, 1.54) is 0 Å². The van der Waals surface area contributed by atoms with Gasteiger partial charge in [-0.3, -0.25) is 0 Å². The molecule has 0 aliphatic rings. The van der Waals surface area contributed by atoms with Crippen LogP contribution in [0.25, 0.3) is 0 Å². The molecule has 0 radical (unpaired) electrons. The molecule has 0 unspecified atom stereocenters. The molecule has 1 aromatic heterocycles. The number of aryl methyl sites for hydroxylation is 1. The van der Waals surface area contributed by atoms with Crippen molar-refractivity contribution in [3.05, 3.63) is 40.5 Å². The summed E-state index contributed by atoms with van der Waals surface area (Å²) < 4.78 is 0.681. The number of benzene rings is 1. The van der Waals surface area contributed by atoms with E-state index < -0.39 is 0 Å². The number of halogens is 1. The topological polar surface area (TPSA) is 55.0 Å². The van der Waals surface area contributed by atoms with E-state index in [0.29, 0.717) is 16.4 Å². The van der Waals surface area contributed by atoms with Gasteiger partial charge in [0.15, 0.2) is 0 Å². The minimum Gasteiger partial charge on any atom is -0.383 e. The van der Waals surface area contributed by atoms with Crippen molar-refractivity contribution < 1.29 is 0 Å². The molecular weight excluding hydrogens is 280 g/mol. The number of para-hydroxylation sites is 1. The molecule has 0 amide bonds. The maximum absolute atomic E-state index is 5.71. The van der Waals surface area contributed by atoms with Gasteiger partial charge in [-0.05, 0) is 34.5 Å². The molecule has 0 fully saturated rings. The fourth-order valence-corrected chi connectivity index (χ4v) is 2.01. The quantitative estimate of drug-likeness (QED) is 0.865. The molecule has 5 heteroatoms. The van der Waals surface area contributed by atoms with E-state index in [-0.39, 0.29) is 0 Å². The van der Waals surface area contributed by atoms with Gasteiger partial charge in [-0.15, -0.1) is 0 Å². The lowest BCUT2D eigenvalue weighted by Crippen LogP contribution is -2.15. The van der Waals surface area contributed by atoms with Crippen LogP contribution in [0.4, 0.5) is 17.5 Å². The Kier molecular flexibility index (Phi) is 3.28. The van der Waals surface area contributed by atoms with Crippen molar-refractivity contribution in [3.8, 4) is 0 Å². The van der Waals surface area contributed by atoms with E-state index in [1.807, 2.05) is 43.1 Å². The van der Waals surface area contributed by atoms with Crippen LogP contribution in [-0.2, 0) is 0 Å². The Morgan fingerprint density at radius 1 is 1.24 bits per heavy atom. The standard InChI is InChI=1S/C12H13BrN4/c1-8-5-3-4-6-9(8)17(2)12-15-10(13)7-11(14)16-12/h3-7H,1-2H3,(H2,14,15,16). The number of rotatable bonds is 2. The van der Waals surface area contributed by atoms with Crippen LogP contribution in [0.15, 0.2) is 34.9 Å². The molecule has 1 aromatic carbocycles. The molecule has 2 aromatic rings. The van der Waals surface area contributed by atoms with Gasteiger partial charge in [0.1, 0.15) is 10.4 Å². The first-order valence-corrected chi connectivity index (χ1v) is 5.96. The zero-order valence-electron chi connectivity index (χ0n) is 9.68. The molecule has 0 atom stereocenters. The Balaban J connectivity index is 2.43. The number of hydrogen-bond acceptors (Lipinski definition) is 4. The van der Waals surface area contributed by atoms with Gasteiger partial charge in [0.25, 0.3) is 0 Å². The zero-order valence-corrected chi connectivity index (χ0v) is 11.3. The van der Waals surface area contributed by atoms with Gasteiger partial charge < -0.3 is 10.6 Å². The van der Waals surface area contributed by atoms with Gasteiger partial charge in [0, 0.05) is 18.8 Å². The van der Waals surface area contributed by atoms with Gasteiger partial charge in [0.05, 0.1) is 0 Å². The summed E-state index contributed by atoms with van der Waals surface area (Å²) in [7, 11) is 1.92. The number of nitrogen functional groups attached to an aromatic ring is 1. The molecule has 0 saturated heterocycles. The Hall–Kier alpha value is -1.62. The maximum Gasteiger partial charge on any atom is 0.232 e. The Morgan fingerprint density at radius 2 is 1.94 bits per heavy atom. The summed E-state index contributed by atoms with van der Waals surface area (Å²) in [5, 5.41) is 0. The average molecular weight is 293 g/mol. The van der Waals surface area contributed by atoms with E-state index in [0.717, 1.165) is 11.3 Å². The largest absolute Gasteiger partial charge is 0.383 e. The van der Waals surface area contributed by atoms with Crippen LogP contribution in [0.3, 0.4) is 0 Å². The fourth-order valence-electron chi connectivity index (χ4n) is 1.62. The molecule has 0 aliphatic carbocycles. The van der Waals surface area contributed by atoms with Crippen molar-refractivity contribution in [1.82, 2.24) is 9.97 Å². The van der Waals surface area contributed by atoms with Crippen LogP contribution in [0.5, 0.6) is 0 Å². The fraction of sp³-hybridized carbons (Fsp3) is 0.167. The third-order valence-electron chi connectivity index (χ3n) is 2.48. The predicted molar refractivity (Wildman–Crippen MR) is 73.4 cm³/mol. The molecule has 88 valence electrons. The van der Waals surface area contributed by atoms with Crippen molar-refractivity contribution in [1.29, 1.82) is 0 Å². The first-order valence-electron chi connectivity index (χ1n) is 5.17. The SMILES string of the molecule is Cc1ccccc1N(C)c1nc(N)cc(Br)n1. The van der Waals surface area contributed by atoms with Gasteiger partial charge in [-0.25, -0.2) is 4.98 Å². The third-order valence-corrected chi connectivity index (χ3v) is 2.89. The highest BCUT2D eigenvalue weighted by molar-refractivity contribution is 9.10. The second kappa shape index (κ2) is 4.71. The molecule has 0 saturated carbocycles. The summed E-state index contributed by atoms with van der Waals surface area (Å²) in [5.41, 5.74) is 7.93. The summed E-state index contributed by atoms with van der Waals surface area (Å²) in [4.78, 5) is 10.4. The molecular formula is C12H13BrN4. The molecule has 1 heterocycles. The number of anilines is 3. The highest BCUT2D eigenvalue weighted by Crippen LogP contribution is 2.25. The van der Waals surface area contributed by atoms with Crippen molar-refractivity contribution in [2.45, 2.75) is 6.92 Å². The number of hydrogen-bond donors (Lipinski definition) is 1. The highest BCUT2D eigenvalue weighted by atomic mass is 79.9. The molecule has 2 N–H and O–H groups in total. The summed E-state index contributed by atoms with van der Waals surface area (Å²) >= 11 is 3.31. The molecule has 0 spiro atoms. The molecule has 4 nitrogen and oxygen atoms in total. The van der Waals surface area contributed by atoms with Crippen molar-refractivity contribution in [2.24, 2.45) is 0 Å². The summed E-state index contributed by atoms with van der Waals surface area (Å²) in [6.45, 7) is 2.05. The number of nitrogens with zero attached hydrogens (tertiary/aromatic N) is 3. The normalized spacial score (nSPS) is 10.3. The average Bonchev–Trinajstić information content (AvgIpc) is 2.27. The van der Waals surface area contributed by atoms with Gasteiger partial charge in [0.2, 0.25) is 5.95 Å². The molecule has 2 rings (SSSR count). The lowest BCUT2D eigenvalue weighted by molar-refractivity contribution is 1.03. The summed E-state index contributed by atoms with van der Waals surface area (Å²) in [6.07, 6.45) is 0. The van der Waals surface area contributed by atoms with Crippen LogP contribution in [0.1, 0.15) is 5.56 Å². The number of aromatic nitrogens is 2. The second-order valence-corrected chi connectivity index (χ2v) is 4.57. The first-order chi connectivity index (χ1) is 8.08. The third kappa shape index (κ3) is 2.55. The van der Waals surface area contributed by atoms with Crippen molar-refractivity contribution >= 4 is 33.4 Å².